The zero-order valence-electron chi connectivity index (χ0n) is 18.3. The van der Waals surface area contributed by atoms with Crippen LogP contribution in [0.4, 0.5) is 14.5 Å². The van der Waals surface area contributed by atoms with Gasteiger partial charge in [-0.2, -0.15) is 10.2 Å². The normalized spacial score (nSPS) is 11.5. The van der Waals surface area contributed by atoms with Gasteiger partial charge in [-0.3, -0.25) is 19.4 Å². The summed E-state index contributed by atoms with van der Waals surface area (Å²) in [6.45, 7) is 1.77. The fourth-order valence-corrected chi connectivity index (χ4v) is 4.69. The second-order valence-corrected chi connectivity index (χ2v) is 8.61. The van der Waals surface area contributed by atoms with E-state index in [1.54, 1.807) is 30.8 Å². The molecule has 0 aromatic carbocycles. The highest BCUT2D eigenvalue weighted by Crippen LogP contribution is 2.43. The third-order valence-electron chi connectivity index (χ3n) is 5.49. The Labute approximate surface area is 199 Å². The van der Waals surface area contributed by atoms with Crippen molar-refractivity contribution >= 4 is 39.1 Å². The number of nitrogens with zero attached hydrogens (tertiary/aromatic N) is 4. The van der Waals surface area contributed by atoms with E-state index in [2.05, 4.69) is 25.6 Å². The van der Waals surface area contributed by atoms with E-state index in [0.29, 0.717) is 33.7 Å². The molecule has 0 bridgehead atoms. The number of H-pyrrole nitrogens is 1. The molecule has 4 N–H and O–H groups in total. The molecular formula is C22H17F2N7O3S. The first-order valence-corrected chi connectivity index (χ1v) is 11.0. The Morgan fingerprint density at radius 3 is 2.71 bits per heavy atom. The van der Waals surface area contributed by atoms with Gasteiger partial charge in [0.05, 0.1) is 18.1 Å². The summed E-state index contributed by atoms with van der Waals surface area (Å²) in [6, 6.07) is 6.09. The van der Waals surface area contributed by atoms with Gasteiger partial charge in [0.15, 0.2) is 11.5 Å². The summed E-state index contributed by atoms with van der Waals surface area (Å²) in [4.78, 5) is 29.5. The van der Waals surface area contributed by atoms with E-state index < -0.39 is 23.9 Å². The fraction of sp³-hybridized carbons (Fsp3) is 0.136. The van der Waals surface area contributed by atoms with Crippen molar-refractivity contribution < 1.29 is 22.8 Å². The van der Waals surface area contributed by atoms with Crippen molar-refractivity contribution in [2.75, 3.05) is 5.32 Å². The van der Waals surface area contributed by atoms with Gasteiger partial charge in [0.1, 0.15) is 21.1 Å². The van der Waals surface area contributed by atoms with Crippen LogP contribution in [0.3, 0.4) is 0 Å². The molecule has 0 aliphatic rings. The second kappa shape index (κ2) is 8.43. The maximum Gasteiger partial charge on any atom is 0.280 e. The Hall–Kier alpha value is -4.39. The topological polar surface area (TPSA) is 145 Å². The molecular weight excluding hydrogens is 480 g/mol. The van der Waals surface area contributed by atoms with Gasteiger partial charge in [-0.05, 0) is 30.7 Å². The summed E-state index contributed by atoms with van der Waals surface area (Å²) in [6.07, 6.45) is 0.154. The quantitative estimate of drug-likeness (QED) is 0.319. The monoisotopic (exact) mass is 497 g/mol. The second-order valence-electron chi connectivity index (χ2n) is 7.61. The molecule has 5 aromatic heterocycles. The Balaban J connectivity index is 1.67. The molecule has 0 saturated heterocycles. The van der Waals surface area contributed by atoms with Gasteiger partial charge >= 0.3 is 0 Å². The number of carbonyl (C=O) groups is 2. The predicted octanol–water partition coefficient (Wildman–Crippen LogP) is 4.28. The largest absolute Gasteiger partial charge is 0.463 e. The smallest absolute Gasteiger partial charge is 0.280 e. The standard InChI is InChI=1S/C22H17F2N7O3S/c1-9-11(8-26-31(9)2)10-6-13(19(23)24)27-22-16(10)17(18(35-22)20(25)32)28-21(33)14-7-12(29-30-14)15-4-3-5-34-15/h3-8,19H,1-2H3,(H2,25,32)(H,28,33)(H,29,30). The van der Waals surface area contributed by atoms with Gasteiger partial charge in [0.25, 0.3) is 18.2 Å². The molecule has 2 amide bonds. The molecule has 5 rings (SSSR count). The number of primary amides is 1. The number of halogens is 2. The molecule has 0 saturated carbocycles. The van der Waals surface area contributed by atoms with Crippen molar-refractivity contribution in [2.24, 2.45) is 12.8 Å². The van der Waals surface area contributed by atoms with Crippen molar-refractivity contribution in [3.05, 3.63) is 58.7 Å². The van der Waals surface area contributed by atoms with E-state index in [-0.39, 0.29) is 21.1 Å². The summed E-state index contributed by atoms with van der Waals surface area (Å²) < 4.78 is 34.2. The van der Waals surface area contributed by atoms with Gasteiger partial charge in [-0.25, -0.2) is 13.8 Å². The Kier molecular flexibility index (Phi) is 5.40. The summed E-state index contributed by atoms with van der Waals surface area (Å²) in [5.41, 5.74) is 7.24. The molecule has 0 aliphatic carbocycles. The number of nitrogens with one attached hydrogen (secondary N) is 2. The lowest BCUT2D eigenvalue weighted by Crippen LogP contribution is -2.17. The van der Waals surface area contributed by atoms with Crippen molar-refractivity contribution in [3.63, 3.8) is 0 Å². The van der Waals surface area contributed by atoms with Crippen LogP contribution in [0.2, 0.25) is 0 Å². The lowest BCUT2D eigenvalue weighted by Gasteiger charge is -2.10. The van der Waals surface area contributed by atoms with E-state index in [1.807, 2.05) is 0 Å². The molecule has 5 heterocycles. The Bertz CT molecular complexity index is 1580. The fourth-order valence-electron chi connectivity index (χ4n) is 3.67. The minimum absolute atomic E-state index is 0.0161. The predicted molar refractivity (Wildman–Crippen MR) is 124 cm³/mol. The number of hydrogen-bond acceptors (Lipinski definition) is 7. The molecule has 13 heteroatoms. The number of carbonyl (C=O) groups excluding carboxylic acids is 2. The van der Waals surface area contributed by atoms with E-state index in [1.165, 1.54) is 24.6 Å². The minimum atomic E-state index is -2.85. The molecule has 0 atom stereocenters. The van der Waals surface area contributed by atoms with Gasteiger partial charge in [-0.1, -0.05) is 0 Å². The Morgan fingerprint density at radius 2 is 2.09 bits per heavy atom. The molecule has 10 nitrogen and oxygen atoms in total. The lowest BCUT2D eigenvalue weighted by molar-refractivity contribution is 0.100. The molecule has 0 fully saturated rings. The third-order valence-corrected chi connectivity index (χ3v) is 6.59. The SMILES string of the molecule is Cc1c(-c2cc(C(F)F)nc3sc(C(N)=O)c(NC(=O)c4cc(-c5ccco5)[nH]n4)c23)cnn1C. The highest BCUT2D eigenvalue weighted by molar-refractivity contribution is 7.21. The number of fused-ring (bicyclic) bond motifs is 1. The molecule has 178 valence electrons. The molecule has 0 unspecified atom stereocenters. The molecule has 35 heavy (non-hydrogen) atoms. The summed E-state index contributed by atoms with van der Waals surface area (Å²) >= 11 is 0.821. The number of anilines is 1. The van der Waals surface area contributed by atoms with Crippen molar-refractivity contribution in [2.45, 2.75) is 13.3 Å². The number of amides is 2. The number of hydrogen-bond donors (Lipinski definition) is 3. The van der Waals surface area contributed by atoms with Crippen molar-refractivity contribution in [3.8, 4) is 22.6 Å². The number of thiophene rings is 1. The zero-order chi connectivity index (χ0) is 24.9. The number of nitrogens with two attached hydrogens (primary N) is 1. The van der Waals surface area contributed by atoms with Crippen LogP contribution in [0.15, 0.2) is 41.1 Å². The maximum absolute atomic E-state index is 13.7. The van der Waals surface area contributed by atoms with Gasteiger partial charge < -0.3 is 15.5 Å². The molecule has 0 radical (unpaired) electrons. The molecule has 0 spiro atoms. The van der Waals surface area contributed by atoms with Crippen LogP contribution in [-0.4, -0.2) is 36.8 Å². The maximum atomic E-state index is 13.7. The number of rotatable bonds is 6. The number of furan rings is 1. The van der Waals surface area contributed by atoms with Gasteiger partial charge in [0, 0.05) is 29.8 Å². The van der Waals surface area contributed by atoms with Crippen LogP contribution in [-0.2, 0) is 7.05 Å². The van der Waals surface area contributed by atoms with Crippen LogP contribution < -0.4 is 11.1 Å². The van der Waals surface area contributed by atoms with Gasteiger partial charge in [-0.15, -0.1) is 11.3 Å². The Morgan fingerprint density at radius 1 is 1.29 bits per heavy atom. The zero-order valence-corrected chi connectivity index (χ0v) is 19.1. The van der Waals surface area contributed by atoms with E-state index in [0.717, 1.165) is 11.3 Å². The first-order chi connectivity index (χ1) is 16.7. The van der Waals surface area contributed by atoms with E-state index >= 15 is 0 Å². The molecule has 0 aliphatic heterocycles. The molecule has 5 aromatic rings. The number of aromatic amines is 1. The van der Waals surface area contributed by atoms with Crippen molar-refractivity contribution in [1.29, 1.82) is 0 Å². The third kappa shape index (κ3) is 3.85. The van der Waals surface area contributed by atoms with Crippen molar-refractivity contribution in [1.82, 2.24) is 25.0 Å². The van der Waals surface area contributed by atoms with E-state index in [4.69, 9.17) is 10.2 Å². The number of pyridine rings is 1. The number of alkyl halides is 2. The highest BCUT2D eigenvalue weighted by atomic mass is 32.1. The average molecular weight is 497 g/mol. The highest BCUT2D eigenvalue weighted by Gasteiger charge is 2.27. The van der Waals surface area contributed by atoms with Crippen LogP contribution in [0.25, 0.3) is 32.8 Å². The minimum Gasteiger partial charge on any atom is -0.463 e. The van der Waals surface area contributed by atoms with Crippen LogP contribution in [0, 0.1) is 6.92 Å². The summed E-state index contributed by atoms with van der Waals surface area (Å²) in [5, 5.41) is 13.9. The van der Waals surface area contributed by atoms with E-state index in [9.17, 15) is 18.4 Å². The summed E-state index contributed by atoms with van der Waals surface area (Å²) in [5.74, 6) is -1.00. The van der Waals surface area contributed by atoms with Crippen LogP contribution >= 0.6 is 11.3 Å². The average Bonchev–Trinajstić information content (AvgIpc) is 3.61. The van der Waals surface area contributed by atoms with Crippen LogP contribution in [0.5, 0.6) is 0 Å². The number of aromatic nitrogens is 5. The lowest BCUT2D eigenvalue weighted by atomic mass is 10.0. The number of aryl methyl sites for hydroxylation is 1. The first kappa shape index (κ1) is 22.4. The van der Waals surface area contributed by atoms with Crippen LogP contribution in [0.1, 0.15) is 38.0 Å². The first-order valence-electron chi connectivity index (χ1n) is 10.2. The van der Waals surface area contributed by atoms with Gasteiger partial charge in [0.2, 0.25) is 0 Å². The summed E-state index contributed by atoms with van der Waals surface area (Å²) in [7, 11) is 1.71.